The number of benzene rings is 2. The highest BCUT2D eigenvalue weighted by Crippen LogP contribution is 2.28. The summed E-state index contributed by atoms with van der Waals surface area (Å²) >= 11 is 0. The summed E-state index contributed by atoms with van der Waals surface area (Å²) in [5, 5.41) is 0. The van der Waals surface area contributed by atoms with E-state index in [-0.39, 0.29) is 0 Å². The summed E-state index contributed by atoms with van der Waals surface area (Å²) in [7, 11) is 0. The van der Waals surface area contributed by atoms with Crippen LogP contribution >= 0.6 is 0 Å². The Bertz CT molecular complexity index is 664. The van der Waals surface area contributed by atoms with Gasteiger partial charge in [-0.2, -0.15) is 0 Å². The monoisotopic (exact) mass is 282 g/mol. The van der Waals surface area contributed by atoms with Crippen LogP contribution in [0.2, 0.25) is 0 Å². The van der Waals surface area contributed by atoms with Crippen LogP contribution in [-0.4, -0.2) is 9.97 Å². The van der Waals surface area contributed by atoms with Gasteiger partial charge < -0.3 is 4.98 Å². The first kappa shape index (κ1) is 17.0. The third-order valence-corrected chi connectivity index (χ3v) is 3.14. The number of aryl methyl sites for hydroxylation is 2. The summed E-state index contributed by atoms with van der Waals surface area (Å²) in [6.07, 6.45) is 1.76. The summed E-state index contributed by atoms with van der Waals surface area (Å²) in [5.41, 5.74) is 7.10. The van der Waals surface area contributed by atoms with Crippen molar-refractivity contribution in [2.24, 2.45) is 0 Å². The van der Waals surface area contributed by atoms with Gasteiger partial charge in [-0.3, -0.25) is 0 Å². The van der Waals surface area contributed by atoms with E-state index in [1.807, 2.05) is 27.7 Å². The average Bonchev–Trinajstić information content (AvgIpc) is 3.03. The zero-order valence-corrected chi connectivity index (χ0v) is 14.0. The number of aromatic amines is 1. The van der Waals surface area contributed by atoms with Gasteiger partial charge in [-0.25, -0.2) is 4.98 Å². The van der Waals surface area contributed by atoms with E-state index in [4.69, 9.17) is 0 Å². The molecule has 0 atom stereocenters. The number of fused-ring (bicyclic) bond motifs is 1. The third kappa shape index (κ3) is 3.72. The van der Waals surface area contributed by atoms with Crippen LogP contribution in [0.3, 0.4) is 0 Å². The standard InChI is InChI=1S/C15H14N2.2C2H6/c1-10-3-6-12(7-4-10)13-8-5-11(2)14-15(13)17-9-16-14;2*1-2/h3-9H,1-2H3,(H,16,17);2*1-2H3. The minimum atomic E-state index is 1.06. The molecule has 3 aromatic rings. The van der Waals surface area contributed by atoms with Crippen LogP contribution in [0.25, 0.3) is 22.2 Å². The number of nitrogens with one attached hydrogen (secondary N) is 1. The van der Waals surface area contributed by atoms with E-state index < -0.39 is 0 Å². The molecular weight excluding hydrogens is 256 g/mol. The van der Waals surface area contributed by atoms with Crippen molar-refractivity contribution in [2.75, 3.05) is 0 Å². The lowest BCUT2D eigenvalue weighted by atomic mass is 10.0. The first-order chi connectivity index (χ1) is 10.3. The van der Waals surface area contributed by atoms with E-state index in [0.29, 0.717) is 0 Å². The lowest BCUT2D eigenvalue weighted by Crippen LogP contribution is -1.84. The lowest BCUT2D eigenvalue weighted by molar-refractivity contribution is 1.34. The van der Waals surface area contributed by atoms with Crippen LogP contribution in [0.4, 0.5) is 0 Å². The van der Waals surface area contributed by atoms with Crippen LogP contribution in [0.1, 0.15) is 38.8 Å². The summed E-state index contributed by atoms with van der Waals surface area (Å²) in [5.74, 6) is 0. The molecule has 0 fully saturated rings. The topological polar surface area (TPSA) is 28.7 Å². The molecule has 1 aromatic heterocycles. The van der Waals surface area contributed by atoms with Gasteiger partial charge in [-0.1, -0.05) is 69.7 Å². The first-order valence-corrected chi connectivity index (χ1v) is 7.75. The van der Waals surface area contributed by atoms with E-state index >= 15 is 0 Å². The van der Waals surface area contributed by atoms with E-state index in [1.54, 1.807) is 6.33 Å². The van der Waals surface area contributed by atoms with Crippen molar-refractivity contribution in [1.82, 2.24) is 9.97 Å². The second-order valence-electron chi connectivity index (χ2n) is 4.42. The van der Waals surface area contributed by atoms with Gasteiger partial charge in [-0.05, 0) is 25.0 Å². The summed E-state index contributed by atoms with van der Waals surface area (Å²) in [6.45, 7) is 12.2. The molecular formula is C19H26N2. The van der Waals surface area contributed by atoms with Gasteiger partial charge in [0.15, 0.2) is 0 Å². The van der Waals surface area contributed by atoms with Crippen LogP contribution < -0.4 is 0 Å². The Labute approximate surface area is 128 Å². The Balaban J connectivity index is 0.000000510. The highest BCUT2D eigenvalue weighted by Gasteiger charge is 2.07. The molecule has 0 spiro atoms. The molecule has 2 aromatic carbocycles. The second-order valence-corrected chi connectivity index (χ2v) is 4.42. The van der Waals surface area contributed by atoms with Gasteiger partial charge in [0.05, 0.1) is 17.4 Å². The fraction of sp³-hybridized carbons (Fsp3) is 0.316. The number of hydrogen-bond acceptors (Lipinski definition) is 1. The Morgan fingerprint density at radius 2 is 1.43 bits per heavy atom. The van der Waals surface area contributed by atoms with Gasteiger partial charge in [0.2, 0.25) is 0 Å². The maximum absolute atomic E-state index is 4.37. The molecule has 1 heterocycles. The fourth-order valence-electron chi connectivity index (χ4n) is 2.14. The summed E-state index contributed by atoms with van der Waals surface area (Å²) < 4.78 is 0. The van der Waals surface area contributed by atoms with Gasteiger partial charge in [0, 0.05) is 5.56 Å². The van der Waals surface area contributed by atoms with Gasteiger partial charge in [0.1, 0.15) is 0 Å². The molecule has 0 amide bonds. The molecule has 0 unspecified atom stereocenters. The molecule has 0 saturated heterocycles. The molecule has 112 valence electrons. The largest absolute Gasteiger partial charge is 0.344 e. The molecule has 1 N–H and O–H groups in total. The van der Waals surface area contributed by atoms with Crippen molar-refractivity contribution in [3.8, 4) is 11.1 Å². The zero-order valence-electron chi connectivity index (χ0n) is 14.0. The number of aromatic nitrogens is 2. The highest BCUT2D eigenvalue weighted by atomic mass is 14.9. The predicted molar refractivity (Wildman–Crippen MR) is 93.7 cm³/mol. The predicted octanol–water partition coefficient (Wildman–Crippen LogP) is 5.90. The zero-order chi connectivity index (χ0) is 15.8. The summed E-state index contributed by atoms with van der Waals surface area (Å²) in [4.78, 5) is 7.60. The Morgan fingerprint density at radius 3 is 2.05 bits per heavy atom. The Kier molecular flexibility index (Phi) is 6.67. The van der Waals surface area contributed by atoms with Crippen molar-refractivity contribution in [3.63, 3.8) is 0 Å². The molecule has 0 bridgehead atoms. The van der Waals surface area contributed by atoms with E-state index in [1.165, 1.54) is 22.3 Å². The summed E-state index contributed by atoms with van der Waals surface area (Å²) in [6, 6.07) is 12.9. The van der Waals surface area contributed by atoms with E-state index in [0.717, 1.165) is 11.0 Å². The molecule has 3 rings (SSSR count). The quantitative estimate of drug-likeness (QED) is 0.591. The van der Waals surface area contributed by atoms with Crippen molar-refractivity contribution < 1.29 is 0 Å². The van der Waals surface area contributed by atoms with Crippen molar-refractivity contribution in [3.05, 3.63) is 53.9 Å². The van der Waals surface area contributed by atoms with Crippen molar-refractivity contribution >= 4 is 11.0 Å². The second kappa shape index (κ2) is 8.25. The normalized spacial score (nSPS) is 9.43. The molecule has 0 radical (unpaired) electrons. The van der Waals surface area contributed by atoms with E-state index in [2.05, 4.69) is 60.2 Å². The number of rotatable bonds is 1. The number of hydrogen-bond donors (Lipinski definition) is 1. The van der Waals surface area contributed by atoms with Crippen LogP contribution in [0, 0.1) is 13.8 Å². The minimum absolute atomic E-state index is 1.06. The SMILES string of the molecule is CC.CC.Cc1ccc(-c2ccc(C)c3nc[nH]c23)cc1. The van der Waals surface area contributed by atoms with E-state index in [9.17, 15) is 0 Å². The average molecular weight is 282 g/mol. The molecule has 0 aliphatic heterocycles. The first-order valence-electron chi connectivity index (χ1n) is 7.75. The molecule has 0 aliphatic carbocycles. The lowest BCUT2D eigenvalue weighted by Gasteiger charge is -2.05. The van der Waals surface area contributed by atoms with Gasteiger partial charge >= 0.3 is 0 Å². The molecule has 21 heavy (non-hydrogen) atoms. The molecule has 2 heteroatoms. The third-order valence-electron chi connectivity index (χ3n) is 3.14. The number of H-pyrrole nitrogens is 1. The molecule has 0 saturated carbocycles. The number of nitrogens with zero attached hydrogens (tertiary/aromatic N) is 1. The Morgan fingerprint density at radius 1 is 0.810 bits per heavy atom. The molecule has 0 aliphatic rings. The van der Waals surface area contributed by atoms with Crippen LogP contribution in [0.5, 0.6) is 0 Å². The minimum Gasteiger partial charge on any atom is -0.344 e. The Hall–Kier alpha value is -2.09. The fourth-order valence-corrected chi connectivity index (χ4v) is 2.14. The van der Waals surface area contributed by atoms with Gasteiger partial charge in [0.25, 0.3) is 0 Å². The van der Waals surface area contributed by atoms with Crippen LogP contribution in [-0.2, 0) is 0 Å². The highest BCUT2D eigenvalue weighted by molar-refractivity contribution is 5.93. The smallest absolute Gasteiger partial charge is 0.0932 e. The van der Waals surface area contributed by atoms with Crippen molar-refractivity contribution in [1.29, 1.82) is 0 Å². The van der Waals surface area contributed by atoms with Gasteiger partial charge in [-0.15, -0.1) is 0 Å². The maximum atomic E-state index is 4.37. The molecule has 2 nitrogen and oxygen atoms in total. The van der Waals surface area contributed by atoms with Crippen LogP contribution in [0.15, 0.2) is 42.7 Å². The van der Waals surface area contributed by atoms with Crippen molar-refractivity contribution in [2.45, 2.75) is 41.5 Å². The maximum Gasteiger partial charge on any atom is 0.0932 e. The number of imidazole rings is 1.